The van der Waals surface area contributed by atoms with Crippen LogP contribution in [-0.2, 0) is 4.74 Å². The van der Waals surface area contributed by atoms with Crippen molar-refractivity contribution in [2.75, 3.05) is 26.4 Å². The van der Waals surface area contributed by atoms with Crippen LogP contribution in [0.1, 0.15) is 39.5 Å². The Bertz CT molecular complexity index is 122. The van der Waals surface area contributed by atoms with Crippen molar-refractivity contribution < 1.29 is 14.9 Å². The third kappa shape index (κ3) is 10.2. The van der Waals surface area contributed by atoms with E-state index in [9.17, 15) is 0 Å². The van der Waals surface area contributed by atoms with Gasteiger partial charge in [0.1, 0.15) is 0 Å². The molecule has 0 fully saturated rings. The molecular weight excluding hydrogens is 192 g/mol. The lowest BCUT2D eigenvalue weighted by Crippen LogP contribution is -2.18. The summed E-state index contributed by atoms with van der Waals surface area (Å²) < 4.78 is 5.36. The van der Waals surface area contributed by atoms with Crippen LogP contribution in [0.25, 0.3) is 0 Å². The van der Waals surface area contributed by atoms with Gasteiger partial charge in [0.15, 0.2) is 0 Å². The molecule has 0 aliphatic heterocycles. The number of aliphatic hydroxyl groups excluding tert-OH is 2. The largest absolute Gasteiger partial charge is 0.396 e. The molecule has 0 aromatic heterocycles. The van der Waals surface area contributed by atoms with Gasteiger partial charge in [-0.25, -0.2) is 0 Å². The summed E-state index contributed by atoms with van der Waals surface area (Å²) in [7, 11) is 0. The van der Waals surface area contributed by atoms with Crippen molar-refractivity contribution >= 4 is 0 Å². The van der Waals surface area contributed by atoms with E-state index in [1.54, 1.807) is 0 Å². The van der Waals surface area contributed by atoms with Gasteiger partial charge in [-0.1, -0.05) is 33.1 Å². The fraction of sp³-hybridized carbons (Fsp3) is 1.00. The fourth-order valence-corrected chi connectivity index (χ4v) is 1.35. The van der Waals surface area contributed by atoms with Crippen molar-refractivity contribution in [1.82, 2.24) is 0 Å². The van der Waals surface area contributed by atoms with Gasteiger partial charge in [0, 0.05) is 12.5 Å². The second kappa shape index (κ2) is 10.4. The minimum Gasteiger partial charge on any atom is -0.396 e. The molecule has 0 spiro atoms. The van der Waals surface area contributed by atoms with Crippen molar-refractivity contribution in [1.29, 1.82) is 0 Å². The maximum absolute atomic E-state index is 8.79. The van der Waals surface area contributed by atoms with E-state index in [0.29, 0.717) is 6.61 Å². The molecule has 0 aromatic carbocycles. The quantitative estimate of drug-likeness (QED) is 0.550. The van der Waals surface area contributed by atoms with Crippen molar-refractivity contribution in [3.63, 3.8) is 0 Å². The van der Waals surface area contributed by atoms with Crippen LogP contribution < -0.4 is 0 Å². The van der Waals surface area contributed by atoms with E-state index in [1.807, 2.05) is 0 Å². The monoisotopic (exact) mass is 218 g/mol. The molecule has 0 rings (SSSR count). The molecule has 0 atom stereocenters. The van der Waals surface area contributed by atoms with Gasteiger partial charge in [-0.2, -0.15) is 0 Å². The molecule has 0 heterocycles. The van der Waals surface area contributed by atoms with Gasteiger partial charge in [0.25, 0.3) is 0 Å². The molecule has 2 N–H and O–H groups in total. The van der Waals surface area contributed by atoms with E-state index >= 15 is 0 Å². The number of unbranched alkanes of at least 4 members (excludes halogenated alkanes) is 2. The van der Waals surface area contributed by atoms with E-state index < -0.39 is 0 Å². The fourth-order valence-electron chi connectivity index (χ4n) is 1.35. The van der Waals surface area contributed by atoms with Crippen molar-refractivity contribution in [2.24, 2.45) is 11.8 Å². The zero-order valence-electron chi connectivity index (χ0n) is 10.1. The summed E-state index contributed by atoms with van der Waals surface area (Å²) in [5.41, 5.74) is 0. The molecule has 3 nitrogen and oxygen atoms in total. The SMILES string of the molecule is CC(C)CCCCCOCC(CO)CO. The van der Waals surface area contributed by atoms with E-state index in [-0.39, 0.29) is 19.1 Å². The Kier molecular flexibility index (Phi) is 10.3. The van der Waals surface area contributed by atoms with E-state index in [2.05, 4.69) is 13.8 Å². The highest BCUT2D eigenvalue weighted by molar-refractivity contribution is 4.53. The molecule has 0 aliphatic rings. The second-order valence-corrected chi connectivity index (χ2v) is 4.55. The van der Waals surface area contributed by atoms with Gasteiger partial charge < -0.3 is 14.9 Å². The molecule has 15 heavy (non-hydrogen) atoms. The predicted molar refractivity (Wildman–Crippen MR) is 61.8 cm³/mol. The third-order valence-electron chi connectivity index (χ3n) is 2.44. The van der Waals surface area contributed by atoms with Gasteiger partial charge in [-0.3, -0.25) is 0 Å². The minimum atomic E-state index is -0.110. The Morgan fingerprint density at radius 2 is 1.67 bits per heavy atom. The normalized spacial score (nSPS) is 11.6. The summed E-state index contributed by atoms with van der Waals surface area (Å²) >= 11 is 0. The van der Waals surface area contributed by atoms with Gasteiger partial charge >= 0.3 is 0 Å². The molecule has 0 saturated heterocycles. The zero-order chi connectivity index (χ0) is 11.5. The average molecular weight is 218 g/mol. The molecule has 92 valence electrons. The smallest absolute Gasteiger partial charge is 0.0538 e. The maximum Gasteiger partial charge on any atom is 0.0538 e. The lowest BCUT2D eigenvalue weighted by molar-refractivity contribution is 0.0435. The molecule has 0 amide bonds. The summed E-state index contributed by atoms with van der Waals surface area (Å²) in [5, 5.41) is 17.6. The van der Waals surface area contributed by atoms with Crippen LogP contribution in [0.15, 0.2) is 0 Å². The Morgan fingerprint density at radius 3 is 2.20 bits per heavy atom. The standard InChI is InChI=1S/C12H26O3/c1-11(2)6-4-3-5-7-15-10-12(8-13)9-14/h11-14H,3-10H2,1-2H3. The van der Waals surface area contributed by atoms with Gasteiger partial charge in [0.05, 0.1) is 19.8 Å². The zero-order valence-corrected chi connectivity index (χ0v) is 10.1. The number of hydrogen-bond acceptors (Lipinski definition) is 3. The topological polar surface area (TPSA) is 49.7 Å². The molecule has 0 bridgehead atoms. The first-order valence-corrected chi connectivity index (χ1v) is 6.00. The second-order valence-electron chi connectivity index (χ2n) is 4.55. The number of hydrogen-bond donors (Lipinski definition) is 2. The molecule has 0 unspecified atom stereocenters. The third-order valence-corrected chi connectivity index (χ3v) is 2.44. The average Bonchev–Trinajstić information content (AvgIpc) is 2.22. The highest BCUT2D eigenvalue weighted by atomic mass is 16.5. The Balaban J connectivity index is 3.10. The van der Waals surface area contributed by atoms with Gasteiger partial charge in [-0.05, 0) is 12.3 Å². The van der Waals surface area contributed by atoms with Crippen LogP contribution in [0.2, 0.25) is 0 Å². The molecule has 0 saturated carbocycles. The molecule has 0 radical (unpaired) electrons. The summed E-state index contributed by atoms with van der Waals surface area (Å²) in [6, 6.07) is 0. The first kappa shape index (κ1) is 14.9. The molecule has 0 aliphatic carbocycles. The number of aliphatic hydroxyl groups is 2. The first-order valence-electron chi connectivity index (χ1n) is 6.00. The van der Waals surface area contributed by atoms with E-state index in [1.165, 1.54) is 19.3 Å². The van der Waals surface area contributed by atoms with Crippen LogP contribution in [0.5, 0.6) is 0 Å². The lowest BCUT2D eigenvalue weighted by atomic mass is 10.1. The van der Waals surface area contributed by atoms with Crippen LogP contribution in [-0.4, -0.2) is 36.6 Å². The first-order chi connectivity index (χ1) is 7.20. The highest BCUT2D eigenvalue weighted by Gasteiger charge is 2.04. The van der Waals surface area contributed by atoms with Crippen LogP contribution in [0.3, 0.4) is 0 Å². The van der Waals surface area contributed by atoms with Crippen molar-refractivity contribution in [3.05, 3.63) is 0 Å². The maximum atomic E-state index is 8.79. The Labute approximate surface area is 93.5 Å². The van der Waals surface area contributed by atoms with Crippen LogP contribution in [0, 0.1) is 11.8 Å². The van der Waals surface area contributed by atoms with Crippen molar-refractivity contribution in [3.8, 4) is 0 Å². The number of rotatable bonds is 10. The summed E-state index contributed by atoms with van der Waals surface area (Å²) in [5.74, 6) is 0.680. The van der Waals surface area contributed by atoms with Crippen LogP contribution >= 0.6 is 0 Å². The van der Waals surface area contributed by atoms with Gasteiger partial charge in [0.2, 0.25) is 0 Å². The van der Waals surface area contributed by atoms with E-state index in [4.69, 9.17) is 14.9 Å². The molecule has 3 heteroatoms. The predicted octanol–water partition coefficient (Wildman–Crippen LogP) is 1.82. The van der Waals surface area contributed by atoms with Crippen molar-refractivity contribution in [2.45, 2.75) is 39.5 Å². The summed E-state index contributed by atoms with van der Waals surface area (Å²) in [6.07, 6.45) is 4.84. The highest BCUT2D eigenvalue weighted by Crippen LogP contribution is 2.08. The molecular formula is C12H26O3. The summed E-state index contributed by atoms with van der Waals surface area (Å²) in [4.78, 5) is 0. The number of ether oxygens (including phenoxy) is 1. The Hall–Kier alpha value is -0.120. The summed E-state index contributed by atoms with van der Waals surface area (Å²) in [6.45, 7) is 5.70. The van der Waals surface area contributed by atoms with Crippen LogP contribution in [0.4, 0.5) is 0 Å². The van der Waals surface area contributed by atoms with Gasteiger partial charge in [-0.15, -0.1) is 0 Å². The Morgan fingerprint density at radius 1 is 1.00 bits per heavy atom. The minimum absolute atomic E-state index is 0.00382. The van der Waals surface area contributed by atoms with E-state index in [0.717, 1.165) is 18.9 Å². The molecule has 0 aromatic rings. The lowest BCUT2D eigenvalue weighted by Gasteiger charge is -2.11.